The molecule has 0 bridgehead atoms. The lowest BCUT2D eigenvalue weighted by Crippen LogP contribution is -2.38. The van der Waals surface area contributed by atoms with Crippen LogP contribution < -0.4 is 0 Å². The van der Waals surface area contributed by atoms with Crippen LogP contribution in [0.25, 0.3) is 11.0 Å². The third kappa shape index (κ3) is 3.71. The third-order valence-electron chi connectivity index (χ3n) is 4.06. The molecule has 146 valence electrons. The van der Waals surface area contributed by atoms with E-state index in [9.17, 15) is 9.59 Å². The van der Waals surface area contributed by atoms with E-state index < -0.39 is 36.5 Å². The number of rotatable bonds is 3. The second kappa shape index (κ2) is 7.64. The van der Waals surface area contributed by atoms with Crippen LogP contribution in [0.2, 0.25) is 20.4 Å². The molecule has 7 nitrogen and oxygen atoms in total. The number of hydrogen-bond acceptors (Lipinski definition) is 6. The van der Waals surface area contributed by atoms with Gasteiger partial charge in [0.15, 0.2) is 18.4 Å². The van der Waals surface area contributed by atoms with Gasteiger partial charge in [0.2, 0.25) is 5.28 Å². The Bertz CT molecular complexity index is 931. The number of hydrogen-bond donors (Lipinski definition) is 0. The van der Waals surface area contributed by atoms with Gasteiger partial charge in [0.05, 0.1) is 26.7 Å². The molecule has 0 radical (unpaired) electrons. The molecule has 1 aromatic heterocycles. The molecule has 3 rings (SSSR count). The van der Waals surface area contributed by atoms with Crippen LogP contribution in [-0.4, -0.2) is 39.8 Å². The number of carbonyl (C=O) groups is 2. The Labute approximate surface area is 174 Å². The maximum absolute atomic E-state index is 11.6. The van der Waals surface area contributed by atoms with Crippen LogP contribution in [0.4, 0.5) is 0 Å². The SMILES string of the molecule is CC(=O)O[C@@H]1[C@H](OC(C)=O)[C@@H](C)O[C@H]1n1c(Cl)nc2c(Cl)c(Cl)c(Cl)cc21. The summed E-state index contributed by atoms with van der Waals surface area (Å²) in [6.07, 6.45) is -3.28. The van der Waals surface area contributed by atoms with E-state index in [0.29, 0.717) is 11.0 Å². The van der Waals surface area contributed by atoms with Crippen molar-refractivity contribution in [3.63, 3.8) is 0 Å². The first kappa shape index (κ1) is 20.5. The summed E-state index contributed by atoms with van der Waals surface area (Å²) in [6, 6.07) is 1.53. The highest BCUT2D eigenvalue weighted by Gasteiger charge is 2.49. The molecule has 0 amide bonds. The van der Waals surface area contributed by atoms with E-state index in [1.165, 1.54) is 24.5 Å². The first-order valence-electron chi connectivity index (χ1n) is 7.82. The minimum absolute atomic E-state index is 0.0167. The maximum Gasteiger partial charge on any atom is 0.303 e. The lowest BCUT2D eigenvalue weighted by atomic mass is 10.1. The zero-order chi connectivity index (χ0) is 20.0. The van der Waals surface area contributed by atoms with E-state index in [1.807, 2.05) is 0 Å². The molecule has 1 fully saturated rings. The van der Waals surface area contributed by atoms with E-state index in [0.717, 1.165) is 0 Å². The van der Waals surface area contributed by atoms with Gasteiger partial charge in [-0.1, -0.05) is 34.8 Å². The van der Waals surface area contributed by atoms with Gasteiger partial charge < -0.3 is 14.2 Å². The molecule has 2 heterocycles. The fourth-order valence-corrected chi connectivity index (χ4v) is 3.94. The normalized spacial score (nSPS) is 25.0. The largest absolute Gasteiger partial charge is 0.456 e. The fourth-order valence-electron chi connectivity index (χ4n) is 3.03. The number of fused-ring (bicyclic) bond motifs is 1. The summed E-state index contributed by atoms with van der Waals surface area (Å²) in [5.74, 6) is -1.10. The van der Waals surface area contributed by atoms with Crippen LogP contribution in [0, 0.1) is 0 Å². The molecule has 1 aliphatic rings. The van der Waals surface area contributed by atoms with Crippen molar-refractivity contribution in [3.8, 4) is 0 Å². The number of carbonyl (C=O) groups excluding carboxylic acids is 2. The molecule has 0 saturated carbocycles. The Kier molecular flexibility index (Phi) is 5.80. The summed E-state index contributed by atoms with van der Waals surface area (Å²) < 4.78 is 18.0. The van der Waals surface area contributed by atoms with Crippen molar-refractivity contribution in [1.29, 1.82) is 0 Å². The molecule has 11 heteroatoms. The Morgan fingerprint density at radius 1 is 1.07 bits per heavy atom. The number of benzene rings is 1. The second-order valence-corrected chi connectivity index (χ2v) is 7.49. The van der Waals surface area contributed by atoms with E-state index in [-0.39, 0.29) is 20.4 Å². The number of aromatic nitrogens is 2. The smallest absolute Gasteiger partial charge is 0.303 e. The van der Waals surface area contributed by atoms with Crippen LogP contribution in [0.1, 0.15) is 27.0 Å². The lowest BCUT2D eigenvalue weighted by Gasteiger charge is -2.24. The summed E-state index contributed by atoms with van der Waals surface area (Å²) in [7, 11) is 0. The van der Waals surface area contributed by atoms with E-state index in [2.05, 4.69) is 4.98 Å². The van der Waals surface area contributed by atoms with E-state index >= 15 is 0 Å². The van der Waals surface area contributed by atoms with E-state index in [1.54, 1.807) is 6.92 Å². The lowest BCUT2D eigenvalue weighted by molar-refractivity contribution is -0.165. The number of nitrogens with zero attached hydrogens (tertiary/aromatic N) is 2. The Hall–Kier alpha value is -1.25. The van der Waals surface area contributed by atoms with Crippen molar-refractivity contribution < 1.29 is 23.8 Å². The zero-order valence-electron chi connectivity index (χ0n) is 14.3. The van der Waals surface area contributed by atoms with Gasteiger partial charge in [0, 0.05) is 13.8 Å². The molecule has 0 spiro atoms. The van der Waals surface area contributed by atoms with Crippen LogP contribution in [-0.2, 0) is 23.8 Å². The fraction of sp³-hybridized carbons (Fsp3) is 0.438. The number of imidazole rings is 1. The van der Waals surface area contributed by atoms with Crippen molar-refractivity contribution in [1.82, 2.24) is 9.55 Å². The molecule has 27 heavy (non-hydrogen) atoms. The standard InChI is InChI=1S/C16H14Cl4N2O5/c1-5-13(26-6(2)23)14(27-7(3)24)15(25-5)22-9-4-8(17)10(18)11(19)12(9)21-16(22)20/h4-5,13-15H,1-3H3/t5-,13-,14-,15-/m1/s1. The van der Waals surface area contributed by atoms with Crippen LogP contribution in [0.3, 0.4) is 0 Å². The van der Waals surface area contributed by atoms with Gasteiger partial charge >= 0.3 is 11.9 Å². The molecule has 2 aromatic rings. The zero-order valence-corrected chi connectivity index (χ0v) is 17.4. The van der Waals surface area contributed by atoms with Gasteiger partial charge in [-0.25, -0.2) is 4.98 Å². The molecule has 0 unspecified atom stereocenters. The minimum Gasteiger partial charge on any atom is -0.456 e. The molecule has 1 aliphatic heterocycles. The summed E-state index contributed by atoms with van der Waals surface area (Å²) in [4.78, 5) is 27.3. The predicted molar refractivity (Wildman–Crippen MR) is 100 cm³/mol. The molecular weight excluding hydrogens is 442 g/mol. The maximum atomic E-state index is 11.6. The number of esters is 2. The van der Waals surface area contributed by atoms with Crippen LogP contribution in [0.15, 0.2) is 6.07 Å². The van der Waals surface area contributed by atoms with Crippen molar-refractivity contribution in [2.24, 2.45) is 0 Å². The number of halogens is 4. The Balaban J connectivity index is 2.15. The highest BCUT2D eigenvalue weighted by Crippen LogP contribution is 2.42. The van der Waals surface area contributed by atoms with Gasteiger partial charge in [-0.15, -0.1) is 0 Å². The third-order valence-corrected chi connectivity index (χ3v) is 5.58. The topological polar surface area (TPSA) is 79.6 Å². The molecule has 1 aromatic carbocycles. The Morgan fingerprint density at radius 2 is 1.67 bits per heavy atom. The molecule has 0 N–H and O–H groups in total. The van der Waals surface area contributed by atoms with Gasteiger partial charge in [-0.05, 0) is 24.6 Å². The minimum atomic E-state index is -0.954. The summed E-state index contributed by atoms with van der Waals surface area (Å²) >= 11 is 24.7. The highest BCUT2D eigenvalue weighted by molar-refractivity contribution is 6.50. The van der Waals surface area contributed by atoms with Crippen LogP contribution in [0.5, 0.6) is 0 Å². The van der Waals surface area contributed by atoms with Crippen molar-refractivity contribution in [3.05, 3.63) is 26.4 Å². The van der Waals surface area contributed by atoms with E-state index in [4.69, 9.17) is 60.6 Å². The molecule has 1 saturated heterocycles. The predicted octanol–water partition coefficient (Wildman–Crippen LogP) is 4.43. The van der Waals surface area contributed by atoms with Gasteiger partial charge in [0.25, 0.3) is 0 Å². The van der Waals surface area contributed by atoms with Crippen LogP contribution >= 0.6 is 46.4 Å². The monoisotopic (exact) mass is 454 g/mol. The molecule has 0 aliphatic carbocycles. The molecular formula is C16H14Cl4N2O5. The first-order valence-corrected chi connectivity index (χ1v) is 9.33. The summed E-state index contributed by atoms with van der Waals surface area (Å²) in [5.41, 5.74) is 0.738. The van der Waals surface area contributed by atoms with Gasteiger partial charge in [-0.2, -0.15) is 0 Å². The van der Waals surface area contributed by atoms with Crippen molar-refractivity contribution in [2.45, 2.75) is 45.3 Å². The van der Waals surface area contributed by atoms with Crippen molar-refractivity contribution >= 4 is 69.4 Å². The highest BCUT2D eigenvalue weighted by atomic mass is 35.5. The summed E-state index contributed by atoms with van der Waals surface area (Å²) in [5, 5.41) is 0.482. The number of ether oxygens (including phenoxy) is 3. The quantitative estimate of drug-likeness (QED) is 0.503. The Morgan fingerprint density at radius 3 is 2.26 bits per heavy atom. The van der Waals surface area contributed by atoms with Gasteiger partial charge in [-0.3, -0.25) is 14.2 Å². The van der Waals surface area contributed by atoms with Gasteiger partial charge in [0.1, 0.15) is 5.52 Å². The first-order chi connectivity index (χ1) is 12.6. The second-order valence-electron chi connectivity index (χ2n) is 5.98. The average molecular weight is 456 g/mol. The summed E-state index contributed by atoms with van der Waals surface area (Å²) in [6.45, 7) is 4.19. The molecule has 4 atom stereocenters. The van der Waals surface area contributed by atoms with Crippen molar-refractivity contribution in [2.75, 3.05) is 0 Å². The average Bonchev–Trinajstić information content (AvgIpc) is 3.03.